The summed E-state index contributed by atoms with van der Waals surface area (Å²) in [5.74, 6) is -2.77. The molecular weight excluding hydrogens is 451 g/mol. The van der Waals surface area contributed by atoms with Gasteiger partial charge in [-0.15, -0.1) is 0 Å². The Kier molecular flexibility index (Phi) is 16.9. The average Bonchev–Trinajstić information content (AvgIpc) is 2.68. The number of rotatable bonds is 16. The van der Waals surface area contributed by atoms with E-state index in [2.05, 4.69) is 13.2 Å². The molecule has 0 radical (unpaired) electrons. The Labute approximate surface area is 214 Å². The minimum absolute atomic E-state index is 0. The fraction of sp³-hybridized carbons (Fsp3) is 0.667. The Balaban J connectivity index is -0.00000450. The molecule has 0 aliphatic carbocycles. The number of unbranched alkanes of at least 4 members (excludes halogenated alkanes) is 3. The van der Waals surface area contributed by atoms with Crippen molar-refractivity contribution in [1.82, 2.24) is 0 Å². The van der Waals surface area contributed by atoms with Crippen molar-refractivity contribution in [3.8, 4) is 0 Å². The molecule has 0 heterocycles. The van der Waals surface area contributed by atoms with Gasteiger partial charge in [-0.05, 0) is 26.7 Å². The van der Waals surface area contributed by atoms with E-state index < -0.39 is 52.4 Å². The largest absolute Gasteiger partial charge is 1.00 e. The number of carbonyl (C=O) groups is 3. The minimum Gasteiger partial charge on any atom is -1.00 e. The molecule has 0 spiro atoms. The van der Waals surface area contributed by atoms with Crippen LogP contribution in [0.3, 0.4) is 0 Å². The quantitative estimate of drug-likeness (QED) is 0.0806. The van der Waals surface area contributed by atoms with Gasteiger partial charge in [-0.3, -0.25) is 9.35 Å². The molecule has 0 unspecified atom stereocenters. The van der Waals surface area contributed by atoms with Crippen LogP contribution in [0.1, 0.15) is 60.7 Å². The molecule has 32 heavy (non-hydrogen) atoms. The maximum atomic E-state index is 13.0. The molecule has 0 bridgehead atoms. The summed E-state index contributed by atoms with van der Waals surface area (Å²) in [4.78, 5) is 36.8. The van der Waals surface area contributed by atoms with Crippen LogP contribution in [-0.2, 0) is 38.7 Å². The summed E-state index contributed by atoms with van der Waals surface area (Å²) in [6, 6.07) is 0. The third-order valence-electron chi connectivity index (χ3n) is 4.38. The van der Waals surface area contributed by atoms with E-state index >= 15 is 0 Å². The standard InChI is InChI=1S/C21H34O9S.Na.H/c1-6-7-8-9-11-21(14-29-18(22)16(2)3,15-30-19(23)17(4)5)20(24)28-12-10-13-31(25,26)27;;/h2,4,6-15H2,1,3,5H3,(H,25,26,27);;/q;+1;-1. The molecule has 11 heteroatoms. The number of carbonyl (C=O) groups excluding carboxylic acids is 3. The molecule has 1 N–H and O–H groups in total. The second-order valence-corrected chi connectivity index (χ2v) is 9.15. The van der Waals surface area contributed by atoms with E-state index in [9.17, 15) is 22.8 Å². The normalized spacial score (nSPS) is 11.1. The Hall–Kier alpha value is -1.20. The second-order valence-electron chi connectivity index (χ2n) is 7.58. The number of ether oxygens (including phenoxy) is 3. The number of hydrogen-bond acceptors (Lipinski definition) is 8. The first-order chi connectivity index (χ1) is 14.3. The van der Waals surface area contributed by atoms with Gasteiger partial charge in [0.15, 0.2) is 0 Å². The molecule has 0 amide bonds. The first-order valence-electron chi connectivity index (χ1n) is 10.1. The van der Waals surface area contributed by atoms with Crippen LogP contribution >= 0.6 is 0 Å². The van der Waals surface area contributed by atoms with Gasteiger partial charge in [-0.1, -0.05) is 45.8 Å². The van der Waals surface area contributed by atoms with Crippen molar-refractivity contribution in [3.05, 3.63) is 24.3 Å². The van der Waals surface area contributed by atoms with Gasteiger partial charge in [0, 0.05) is 11.1 Å². The van der Waals surface area contributed by atoms with E-state index in [-0.39, 0.29) is 61.6 Å². The molecule has 0 atom stereocenters. The second kappa shape index (κ2) is 16.4. The Morgan fingerprint density at radius 1 is 0.906 bits per heavy atom. The molecule has 9 nitrogen and oxygen atoms in total. The summed E-state index contributed by atoms with van der Waals surface area (Å²) in [7, 11) is -4.19. The van der Waals surface area contributed by atoms with Gasteiger partial charge in [0.2, 0.25) is 0 Å². The van der Waals surface area contributed by atoms with Crippen molar-refractivity contribution in [2.45, 2.75) is 59.3 Å². The third-order valence-corrected chi connectivity index (χ3v) is 5.18. The van der Waals surface area contributed by atoms with E-state index in [0.717, 1.165) is 19.3 Å². The Morgan fingerprint density at radius 2 is 1.41 bits per heavy atom. The van der Waals surface area contributed by atoms with Crippen LogP contribution in [0.25, 0.3) is 0 Å². The van der Waals surface area contributed by atoms with E-state index in [0.29, 0.717) is 6.42 Å². The van der Waals surface area contributed by atoms with Crippen molar-refractivity contribution >= 4 is 28.0 Å². The zero-order chi connectivity index (χ0) is 24.1. The molecule has 0 fully saturated rings. The first-order valence-corrected chi connectivity index (χ1v) is 11.7. The number of hydrogen-bond donors (Lipinski definition) is 1. The molecule has 0 aromatic rings. The summed E-state index contributed by atoms with van der Waals surface area (Å²) < 4.78 is 46.1. The fourth-order valence-electron chi connectivity index (χ4n) is 2.51. The van der Waals surface area contributed by atoms with Crippen molar-refractivity contribution in [2.24, 2.45) is 5.41 Å². The van der Waals surface area contributed by atoms with E-state index in [1.165, 1.54) is 13.8 Å². The van der Waals surface area contributed by atoms with Crippen LogP contribution in [0, 0.1) is 5.41 Å². The Morgan fingerprint density at radius 3 is 1.81 bits per heavy atom. The van der Waals surface area contributed by atoms with E-state index in [4.69, 9.17) is 18.8 Å². The maximum absolute atomic E-state index is 13.0. The summed E-state index contributed by atoms with van der Waals surface area (Å²) in [6.07, 6.45) is 3.38. The molecular formula is C21H35NaO9S. The summed E-state index contributed by atoms with van der Waals surface area (Å²) in [6.45, 7) is 10.9. The minimum atomic E-state index is -4.19. The van der Waals surface area contributed by atoms with Gasteiger partial charge >= 0.3 is 47.5 Å². The van der Waals surface area contributed by atoms with Gasteiger partial charge in [0.05, 0.1) is 12.4 Å². The molecule has 0 rings (SSSR count). The van der Waals surface area contributed by atoms with Crippen LogP contribution < -0.4 is 29.6 Å². The Bertz CT molecular complexity index is 736. The molecule has 0 aromatic heterocycles. The smallest absolute Gasteiger partial charge is 1.00 e. The monoisotopic (exact) mass is 486 g/mol. The molecule has 0 saturated heterocycles. The number of esters is 3. The van der Waals surface area contributed by atoms with E-state index in [1.54, 1.807) is 0 Å². The van der Waals surface area contributed by atoms with Crippen LogP contribution in [0.5, 0.6) is 0 Å². The van der Waals surface area contributed by atoms with Crippen LogP contribution in [0.2, 0.25) is 0 Å². The topological polar surface area (TPSA) is 133 Å². The average molecular weight is 487 g/mol. The van der Waals surface area contributed by atoms with Gasteiger partial charge in [-0.2, -0.15) is 8.42 Å². The zero-order valence-electron chi connectivity index (χ0n) is 20.6. The van der Waals surface area contributed by atoms with Gasteiger partial charge in [0.25, 0.3) is 10.1 Å². The van der Waals surface area contributed by atoms with Crippen LogP contribution in [0.4, 0.5) is 0 Å². The van der Waals surface area contributed by atoms with Crippen molar-refractivity contribution in [2.75, 3.05) is 25.6 Å². The summed E-state index contributed by atoms with van der Waals surface area (Å²) >= 11 is 0. The van der Waals surface area contributed by atoms with Crippen LogP contribution in [-0.4, -0.2) is 56.5 Å². The molecule has 0 aromatic carbocycles. The zero-order valence-corrected chi connectivity index (χ0v) is 22.4. The van der Waals surface area contributed by atoms with Gasteiger partial charge in [-0.25, -0.2) is 9.59 Å². The maximum Gasteiger partial charge on any atom is 1.00 e. The molecule has 0 aliphatic rings. The molecule has 0 aliphatic heterocycles. The van der Waals surface area contributed by atoms with E-state index in [1.807, 2.05) is 6.92 Å². The SMILES string of the molecule is C=C(C)C(=O)OCC(CCCCCC)(COC(=O)C(=C)C)C(=O)OCCCS(=O)(=O)O.[H-].[Na+]. The van der Waals surface area contributed by atoms with Gasteiger partial charge < -0.3 is 15.6 Å². The summed E-state index contributed by atoms with van der Waals surface area (Å²) in [5.41, 5.74) is -1.19. The van der Waals surface area contributed by atoms with Gasteiger partial charge in [0.1, 0.15) is 18.6 Å². The fourth-order valence-corrected chi connectivity index (χ4v) is 2.99. The van der Waals surface area contributed by atoms with Crippen molar-refractivity contribution in [1.29, 1.82) is 0 Å². The molecule has 180 valence electrons. The van der Waals surface area contributed by atoms with Crippen molar-refractivity contribution in [3.63, 3.8) is 0 Å². The predicted molar refractivity (Wildman–Crippen MR) is 116 cm³/mol. The third kappa shape index (κ3) is 14.1. The first kappa shape index (κ1) is 33.0. The predicted octanol–water partition coefficient (Wildman–Crippen LogP) is 0.119. The summed E-state index contributed by atoms with van der Waals surface area (Å²) in [5, 5.41) is 0. The van der Waals surface area contributed by atoms with Crippen LogP contribution in [0.15, 0.2) is 24.3 Å². The van der Waals surface area contributed by atoms with Crippen molar-refractivity contribution < 1.29 is 72.5 Å². The molecule has 0 saturated carbocycles.